The van der Waals surface area contributed by atoms with Gasteiger partial charge in [-0.05, 0) is 75.3 Å². The Hall–Kier alpha value is -3.34. The minimum Gasteiger partial charge on any atom is -0.550 e. The van der Waals surface area contributed by atoms with E-state index in [1.165, 1.54) is 13.8 Å². The van der Waals surface area contributed by atoms with E-state index in [2.05, 4.69) is 52.6 Å². The van der Waals surface area contributed by atoms with Gasteiger partial charge in [0.1, 0.15) is 0 Å². The molecule has 0 rings (SSSR count). The largest absolute Gasteiger partial charge is 2.00 e. The van der Waals surface area contributed by atoms with Gasteiger partial charge in [0.05, 0.1) is 47.8 Å². The normalized spacial score (nSPS) is 6.04. The molecule has 20 nitrogen and oxygen atoms in total. The minimum absolute atomic E-state index is 0. The zero-order valence-electron chi connectivity index (χ0n) is 30.8. The maximum Gasteiger partial charge on any atom is 2.00 e. The number of carboxylic acid groups (broad SMARTS) is 10. The van der Waals surface area contributed by atoms with Gasteiger partial charge in [0.2, 0.25) is 0 Å². The summed E-state index contributed by atoms with van der Waals surface area (Å²) in [6, 6.07) is 0. The van der Waals surface area contributed by atoms with Crippen LogP contribution in [0.2, 0.25) is 0 Å². The Morgan fingerprint density at radius 2 is 0.382 bits per heavy atom. The second-order valence-corrected chi connectivity index (χ2v) is 6.26. The van der Waals surface area contributed by atoms with Gasteiger partial charge in [0, 0.05) is 11.9 Å². The zero-order chi connectivity index (χ0) is 43.2. The Kier molecular flexibility index (Phi) is 150. The first-order valence-corrected chi connectivity index (χ1v) is 11.5. The molecule has 0 saturated carbocycles. The van der Waals surface area contributed by atoms with Crippen molar-refractivity contribution in [1.82, 2.24) is 0 Å². The molecule has 0 radical (unpaired) electrons. The van der Waals surface area contributed by atoms with E-state index in [0.717, 1.165) is 50.3 Å². The van der Waals surface area contributed by atoms with Crippen molar-refractivity contribution in [1.29, 1.82) is 0 Å². The van der Waals surface area contributed by atoms with Crippen LogP contribution >= 0.6 is 0 Å². The van der Waals surface area contributed by atoms with E-state index in [0.29, 0.717) is 0 Å². The predicted molar refractivity (Wildman–Crippen MR) is 169 cm³/mol. The van der Waals surface area contributed by atoms with Crippen LogP contribution in [-0.4, -0.2) is 144 Å². The zero-order valence-corrected chi connectivity index (χ0v) is 41.8. The van der Waals surface area contributed by atoms with Crippen LogP contribution < -0.4 is 51.1 Å². The Morgan fingerprint density at radius 1 is 0.345 bits per heavy atom. The summed E-state index contributed by atoms with van der Waals surface area (Å²) in [4.78, 5) is 91.6. The first-order valence-electron chi connectivity index (χ1n) is 11.5. The van der Waals surface area contributed by atoms with Crippen LogP contribution in [-0.2, 0) is 86.9 Å². The molecule has 55 heavy (non-hydrogen) atoms. The quantitative estimate of drug-likeness (QED) is 0.161. The van der Waals surface area contributed by atoms with Crippen LogP contribution in [0.1, 0.15) is 27.7 Å². The summed E-state index contributed by atoms with van der Waals surface area (Å²) in [5.41, 5.74) is 0.130. The van der Waals surface area contributed by atoms with Crippen LogP contribution in [0, 0.1) is 0 Å². The van der Waals surface area contributed by atoms with Crippen molar-refractivity contribution in [3.8, 4) is 0 Å². The molecular formula is C30H34CaMg2O20Zn2. The maximum absolute atomic E-state index is 9.49. The number of carboxylic acids is 10. The number of rotatable bonds is 8. The third-order valence-electron chi connectivity index (χ3n) is 1.70. The molecule has 0 amide bonds. The second kappa shape index (κ2) is 83.6. The standard InChI is InChI=1S/2C4H6O2.6C3H4O2.2C2H4O2.Ca.2Mg.2Zn/c2*1-3(2)4(5)6;6*1-2-3(4)5;2*1-2(3)4;;;;;/h2*1H2,2H3,(H,5,6);6*2H,1H2,(H,4,5);2*1H3,(H,3,4);;;;;/q;;;;;;;;;;5*+2/p-10. The van der Waals surface area contributed by atoms with E-state index in [-0.39, 0.29) is 134 Å². The van der Waals surface area contributed by atoms with E-state index in [9.17, 15) is 19.8 Å². The van der Waals surface area contributed by atoms with Crippen molar-refractivity contribution in [2.24, 2.45) is 0 Å². The molecule has 0 fully saturated rings. The summed E-state index contributed by atoms with van der Waals surface area (Å²) in [7, 11) is 0. The van der Waals surface area contributed by atoms with E-state index in [1.54, 1.807) is 0 Å². The van der Waals surface area contributed by atoms with E-state index in [4.69, 9.17) is 79.2 Å². The van der Waals surface area contributed by atoms with Crippen molar-refractivity contribution in [3.05, 3.63) is 100 Å². The Bertz CT molecular complexity index is 981. The molecule has 0 atom stereocenters. The summed E-state index contributed by atoms with van der Waals surface area (Å²) < 4.78 is 0. The van der Waals surface area contributed by atoms with Gasteiger partial charge in [0.15, 0.2) is 0 Å². The summed E-state index contributed by atoms with van der Waals surface area (Å²) in [5.74, 6) is -11.9. The topological polar surface area (TPSA) is 401 Å². The number of hydrogen-bond acceptors (Lipinski definition) is 20. The van der Waals surface area contributed by atoms with Gasteiger partial charge in [-0.25, -0.2) is 0 Å². The number of carbonyl (C=O) groups excluding carboxylic acids is 10. The van der Waals surface area contributed by atoms with Gasteiger partial charge in [-0.1, -0.05) is 52.6 Å². The van der Waals surface area contributed by atoms with Crippen molar-refractivity contribution >= 4 is 144 Å². The monoisotopic (exact) mass is 930 g/mol. The molecular weight excluding hydrogens is 900 g/mol. The van der Waals surface area contributed by atoms with E-state index < -0.39 is 59.7 Å². The number of hydrogen-bond donors (Lipinski definition) is 0. The molecule has 0 aromatic rings. The van der Waals surface area contributed by atoms with Crippen molar-refractivity contribution in [2.45, 2.75) is 27.7 Å². The van der Waals surface area contributed by atoms with E-state index >= 15 is 0 Å². The van der Waals surface area contributed by atoms with Crippen LogP contribution in [0.3, 0.4) is 0 Å². The van der Waals surface area contributed by atoms with Crippen LogP contribution in [0.4, 0.5) is 0 Å². The fourth-order valence-electron chi connectivity index (χ4n) is 0. The Labute approximate surface area is 405 Å². The molecule has 0 unspecified atom stereocenters. The van der Waals surface area contributed by atoms with Crippen LogP contribution in [0.25, 0.3) is 0 Å². The van der Waals surface area contributed by atoms with Gasteiger partial charge in [0.25, 0.3) is 0 Å². The van der Waals surface area contributed by atoms with E-state index in [1.807, 2.05) is 0 Å². The van der Waals surface area contributed by atoms with Gasteiger partial charge in [-0.15, -0.1) is 0 Å². The van der Waals surface area contributed by atoms with Gasteiger partial charge >= 0.3 is 123 Å². The average molecular weight is 934 g/mol. The molecule has 0 aliphatic heterocycles. The third-order valence-corrected chi connectivity index (χ3v) is 1.70. The molecule has 0 aliphatic carbocycles. The molecule has 0 spiro atoms. The molecule has 0 aromatic carbocycles. The summed E-state index contributed by atoms with van der Waals surface area (Å²) in [6.45, 7) is 28.3. The molecule has 0 aliphatic rings. The fourth-order valence-corrected chi connectivity index (χ4v) is 0. The molecule has 284 valence electrons. The summed E-state index contributed by atoms with van der Waals surface area (Å²) in [6.07, 6.45) is 4.33. The van der Waals surface area contributed by atoms with Crippen molar-refractivity contribution in [2.75, 3.05) is 0 Å². The van der Waals surface area contributed by atoms with Gasteiger partial charge in [-0.3, -0.25) is 0 Å². The number of carbonyl (C=O) groups is 10. The number of aliphatic carboxylic acids is 10. The molecule has 0 saturated heterocycles. The first kappa shape index (κ1) is 98.7. The Morgan fingerprint density at radius 3 is 0.382 bits per heavy atom. The summed E-state index contributed by atoms with van der Waals surface area (Å²) in [5, 5.41) is 91.6. The Balaban J connectivity index is -0.0000000247. The predicted octanol–water partition coefficient (Wildman–Crippen LogP) is -11.5. The average Bonchev–Trinajstić information content (AvgIpc) is 2.98. The minimum atomic E-state index is -1.23. The van der Waals surface area contributed by atoms with Crippen LogP contribution in [0.5, 0.6) is 0 Å². The molecule has 25 heteroatoms. The van der Waals surface area contributed by atoms with Gasteiger partial charge in [-0.2, -0.15) is 0 Å². The maximum atomic E-state index is 9.49. The molecule has 0 bridgehead atoms. The molecule has 0 N–H and O–H groups in total. The smallest absolute Gasteiger partial charge is 0.550 e. The molecule has 0 aromatic heterocycles. The van der Waals surface area contributed by atoms with Crippen molar-refractivity contribution in [3.63, 3.8) is 0 Å². The van der Waals surface area contributed by atoms with Gasteiger partial charge < -0.3 is 99.0 Å². The first-order chi connectivity index (χ1) is 22.4. The molecule has 0 heterocycles. The third kappa shape index (κ3) is 432. The fraction of sp³-hybridized carbons (Fsp3) is 0.133. The summed E-state index contributed by atoms with van der Waals surface area (Å²) >= 11 is 0. The van der Waals surface area contributed by atoms with Crippen LogP contribution in [0.15, 0.2) is 100 Å². The van der Waals surface area contributed by atoms with Crippen molar-refractivity contribution < 1.29 is 138 Å². The SMILES string of the molecule is C=C(C)C(=O)[O-].C=C(C)C(=O)[O-].C=CC(=O)[O-].C=CC(=O)[O-].C=CC(=O)[O-].C=CC(=O)[O-].C=CC(=O)[O-].C=CC(=O)[O-].CC(=O)[O-].CC(=O)[O-].[Ca+2].[Mg+2].[Mg+2].[Zn+2].[Zn+2]. The second-order valence-electron chi connectivity index (χ2n) is 6.26.